The molecule has 0 atom stereocenters. The van der Waals surface area contributed by atoms with Crippen molar-refractivity contribution in [2.24, 2.45) is 4.99 Å². The first-order chi connectivity index (χ1) is 6.36. The van der Waals surface area contributed by atoms with Crippen LogP contribution >= 0.6 is 0 Å². The molecule has 0 spiro atoms. The largest absolute Gasteiger partial charge is 1.00 e. The average molecular weight is 182 g/mol. The molecule has 3 heteroatoms. The average Bonchev–Trinajstić information content (AvgIpc) is 2.21. The second kappa shape index (κ2) is 7.67. The van der Waals surface area contributed by atoms with Crippen molar-refractivity contribution in [1.29, 1.82) is 0 Å². The number of rotatable bonds is 4. The van der Waals surface area contributed by atoms with Crippen molar-refractivity contribution >= 4 is 12.0 Å². The fourth-order valence-corrected chi connectivity index (χ4v) is 0.996. The summed E-state index contributed by atoms with van der Waals surface area (Å²) in [5.41, 5.74) is 0.953. The Labute approximate surface area is 98.2 Å². The van der Waals surface area contributed by atoms with Crippen LogP contribution < -0.4 is 18.9 Å². The van der Waals surface area contributed by atoms with E-state index in [2.05, 4.69) is 25.2 Å². The van der Waals surface area contributed by atoms with Gasteiger partial charge in [0.1, 0.15) is 0 Å². The first kappa shape index (κ1) is 13.3. The molecular weight excluding hydrogens is 167 g/mol. The van der Waals surface area contributed by atoms with E-state index < -0.39 is 0 Å². The van der Waals surface area contributed by atoms with Gasteiger partial charge >= 0.3 is 18.9 Å². The van der Waals surface area contributed by atoms with E-state index in [1.54, 1.807) is 0 Å². The van der Waals surface area contributed by atoms with Crippen molar-refractivity contribution in [1.82, 2.24) is 4.90 Å². The van der Waals surface area contributed by atoms with Crippen molar-refractivity contribution in [3.8, 4) is 0 Å². The number of para-hydroxylation sites is 1. The van der Waals surface area contributed by atoms with Crippen LogP contribution in [0.3, 0.4) is 0 Å². The maximum Gasteiger partial charge on any atom is 1.00 e. The predicted molar refractivity (Wildman–Crippen MR) is 56.5 cm³/mol. The zero-order valence-electron chi connectivity index (χ0n) is 9.20. The Bertz CT molecular complexity index is 255. The zero-order valence-corrected chi connectivity index (χ0v) is 9.20. The molecule has 0 bridgehead atoms. The molecule has 0 aliphatic rings. The van der Waals surface area contributed by atoms with Crippen LogP contribution in [0.4, 0.5) is 5.69 Å². The van der Waals surface area contributed by atoms with Crippen molar-refractivity contribution in [3.05, 3.63) is 30.3 Å². The van der Waals surface area contributed by atoms with Gasteiger partial charge in [-0.05, 0) is 26.9 Å². The molecule has 0 radical (unpaired) electrons. The second-order valence-corrected chi connectivity index (χ2v) is 2.72. The van der Waals surface area contributed by atoms with Crippen LogP contribution in [0.25, 0.3) is 0 Å². The monoisotopic (exact) mass is 182 g/mol. The molecule has 0 saturated heterocycles. The zero-order chi connectivity index (χ0) is 9.52. The van der Waals surface area contributed by atoms with Gasteiger partial charge in [0.25, 0.3) is 0 Å². The van der Waals surface area contributed by atoms with Gasteiger partial charge in [0, 0.05) is 0 Å². The van der Waals surface area contributed by atoms with E-state index in [0.29, 0.717) is 0 Å². The summed E-state index contributed by atoms with van der Waals surface area (Å²) in [5.74, 6) is 0. The molecule has 0 aromatic heterocycles. The van der Waals surface area contributed by atoms with Gasteiger partial charge in [0.05, 0.1) is 0 Å². The van der Waals surface area contributed by atoms with Crippen LogP contribution in [0.5, 0.6) is 0 Å². The first-order valence-electron chi connectivity index (χ1n) is 4.63. The van der Waals surface area contributed by atoms with Gasteiger partial charge in [-0.3, -0.25) is 0 Å². The first-order valence-corrected chi connectivity index (χ1v) is 4.63. The van der Waals surface area contributed by atoms with Crippen molar-refractivity contribution in [2.75, 3.05) is 13.1 Å². The van der Waals surface area contributed by atoms with Crippen molar-refractivity contribution < 1.29 is 18.9 Å². The number of nitrogens with zero attached hydrogens (tertiary/aromatic N) is 2. The van der Waals surface area contributed by atoms with Gasteiger partial charge in [-0.2, -0.15) is 0 Å². The number of benzene rings is 1. The van der Waals surface area contributed by atoms with E-state index in [-0.39, 0.29) is 18.9 Å². The van der Waals surface area contributed by atoms with Crippen molar-refractivity contribution in [2.45, 2.75) is 13.8 Å². The van der Waals surface area contributed by atoms with Crippen LogP contribution in [0, 0.1) is 0 Å². The molecule has 0 fully saturated rings. The third kappa shape index (κ3) is 4.50. The minimum Gasteiger partial charge on any atom is -0.446 e. The van der Waals surface area contributed by atoms with Crippen LogP contribution in [-0.4, -0.2) is 24.3 Å². The normalized spacial score (nSPS) is 9.86. The van der Waals surface area contributed by atoms with Gasteiger partial charge in [-0.1, -0.05) is 30.2 Å². The quantitative estimate of drug-likeness (QED) is 0.203. The summed E-state index contributed by atoms with van der Waals surface area (Å²) in [6.07, 6.45) is 2.99. The Morgan fingerprint density at radius 3 is 2.21 bits per heavy atom. The van der Waals surface area contributed by atoms with E-state index in [4.69, 9.17) is 0 Å². The van der Waals surface area contributed by atoms with E-state index in [1.165, 1.54) is 0 Å². The Balaban J connectivity index is 0.00000169. The topological polar surface area (TPSA) is 15.6 Å². The summed E-state index contributed by atoms with van der Waals surface area (Å²) in [7, 11) is 0. The molecule has 1 aromatic rings. The molecule has 1 rings (SSSR count). The van der Waals surface area contributed by atoms with E-state index in [0.717, 1.165) is 18.8 Å². The number of hydrogen-bond acceptors (Lipinski definition) is 1. The third-order valence-corrected chi connectivity index (χ3v) is 1.84. The molecule has 0 amide bonds. The van der Waals surface area contributed by atoms with E-state index in [1.807, 2.05) is 35.2 Å². The molecule has 0 N–H and O–H groups in total. The number of hydrogen-bond donors (Lipinski definition) is 0. The van der Waals surface area contributed by atoms with Gasteiger partial charge in [-0.25, -0.2) is 0 Å². The van der Waals surface area contributed by atoms with Crippen LogP contribution in [-0.2, 0) is 0 Å². The van der Waals surface area contributed by atoms with Crippen LogP contribution in [0.15, 0.2) is 35.3 Å². The fraction of sp³-hybridized carbons (Fsp3) is 0.364. The molecule has 2 nitrogen and oxygen atoms in total. The molecule has 0 aliphatic carbocycles. The van der Waals surface area contributed by atoms with Crippen molar-refractivity contribution in [3.63, 3.8) is 0 Å². The summed E-state index contributed by atoms with van der Waals surface area (Å²) < 4.78 is 0. The Hall–Kier alpha value is -0.713. The molecular formula is C11H15LiN2. The second-order valence-electron chi connectivity index (χ2n) is 2.72. The van der Waals surface area contributed by atoms with E-state index in [9.17, 15) is 0 Å². The molecule has 14 heavy (non-hydrogen) atoms. The standard InChI is InChI=1S/C11H15N2.Li/c1-3-13(4-2)10-12-11-8-6-5-7-9-11;/h5-9H,3-4H2,1-2H3;/q-1;+1. The molecule has 0 aliphatic heterocycles. The summed E-state index contributed by atoms with van der Waals surface area (Å²) >= 11 is 0. The summed E-state index contributed by atoms with van der Waals surface area (Å²) in [6.45, 7) is 6.09. The molecule has 70 valence electrons. The Kier molecular flexibility index (Phi) is 7.28. The van der Waals surface area contributed by atoms with Gasteiger partial charge in [0.15, 0.2) is 0 Å². The molecule has 0 unspecified atom stereocenters. The fourth-order valence-electron chi connectivity index (χ4n) is 0.996. The molecule has 0 heterocycles. The summed E-state index contributed by atoms with van der Waals surface area (Å²) in [6, 6.07) is 9.87. The molecule has 1 aromatic carbocycles. The number of aliphatic imine (C=N–C) groups is 1. The van der Waals surface area contributed by atoms with Gasteiger partial charge in [-0.15, -0.1) is 12.1 Å². The van der Waals surface area contributed by atoms with E-state index >= 15 is 0 Å². The van der Waals surface area contributed by atoms with Crippen LogP contribution in [0.2, 0.25) is 0 Å². The van der Waals surface area contributed by atoms with Crippen LogP contribution in [0.1, 0.15) is 13.8 Å². The minimum absolute atomic E-state index is 0. The van der Waals surface area contributed by atoms with Gasteiger partial charge in [0.2, 0.25) is 0 Å². The summed E-state index contributed by atoms with van der Waals surface area (Å²) in [5, 5.41) is 0. The Morgan fingerprint density at radius 2 is 1.71 bits per heavy atom. The predicted octanol–water partition coefficient (Wildman–Crippen LogP) is -0.431. The maximum atomic E-state index is 4.22. The SMILES string of the molecule is CCN([C-]=Nc1ccccc1)CC.[Li+]. The maximum absolute atomic E-state index is 4.22. The summed E-state index contributed by atoms with van der Waals surface area (Å²) in [4.78, 5) is 6.26. The molecule has 0 saturated carbocycles. The smallest absolute Gasteiger partial charge is 0.446 e. The van der Waals surface area contributed by atoms with Gasteiger partial charge < -0.3 is 9.89 Å². The third-order valence-electron chi connectivity index (χ3n) is 1.84. The Morgan fingerprint density at radius 1 is 1.14 bits per heavy atom. The minimum atomic E-state index is 0.